The molecule has 2 rings (SSSR count). The van der Waals surface area contributed by atoms with Gasteiger partial charge in [-0.15, -0.1) is 0 Å². The lowest BCUT2D eigenvalue weighted by Crippen LogP contribution is -2.16. The van der Waals surface area contributed by atoms with Crippen LogP contribution in [-0.2, 0) is 4.79 Å². The molecule has 100 valence electrons. The van der Waals surface area contributed by atoms with Gasteiger partial charge in [0.25, 0.3) is 0 Å². The van der Waals surface area contributed by atoms with Crippen LogP contribution in [-0.4, -0.2) is 26.4 Å². The number of imidazole rings is 1. The molecule has 0 bridgehead atoms. The second kappa shape index (κ2) is 6.27. The van der Waals surface area contributed by atoms with Crippen LogP contribution in [0.15, 0.2) is 17.6 Å². The normalized spacial score (nSPS) is 24.7. The van der Waals surface area contributed by atoms with E-state index in [0.717, 1.165) is 5.16 Å². The van der Waals surface area contributed by atoms with Crippen LogP contribution in [0.3, 0.4) is 0 Å². The highest BCUT2D eigenvalue weighted by Gasteiger charge is 2.23. The maximum absolute atomic E-state index is 10.6. The van der Waals surface area contributed by atoms with Gasteiger partial charge in [0.1, 0.15) is 0 Å². The number of hydrogen-bond acceptors (Lipinski definition) is 3. The van der Waals surface area contributed by atoms with Crippen molar-refractivity contribution < 1.29 is 9.90 Å². The highest BCUT2D eigenvalue weighted by atomic mass is 32.2. The third-order valence-electron chi connectivity index (χ3n) is 3.63. The number of aromatic nitrogens is 2. The minimum atomic E-state index is -0.788. The van der Waals surface area contributed by atoms with Gasteiger partial charge in [-0.1, -0.05) is 37.9 Å². The summed E-state index contributed by atoms with van der Waals surface area (Å²) < 4.78 is 2.18. The minimum Gasteiger partial charge on any atom is -0.481 e. The first-order valence-electron chi connectivity index (χ1n) is 6.56. The maximum Gasteiger partial charge on any atom is 0.313 e. The van der Waals surface area contributed by atoms with E-state index in [0.29, 0.717) is 12.0 Å². The van der Waals surface area contributed by atoms with Crippen LogP contribution in [0.25, 0.3) is 0 Å². The summed E-state index contributed by atoms with van der Waals surface area (Å²) in [6.45, 7) is 2.29. The summed E-state index contributed by atoms with van der Waals surface area (Å²) in [4.78, 5) is 14.9. The molecule has 2 unspecified atom stereocenters. The monoisotopic (exact) mass is 268 g/mol. The predicted octanol–water partition coefficient (Wildman–Crippen LogP) is 3.20. The molecule has 1 aromatic heterocycles. The van der Waals surface area contributed by atoms with Crippen molar-refractivity contribution >= 4 is 17.7 Å². The van der Waals surface area contributed by atoms with Gasteiger partial charge >= 0.3 is 5.97 Å². The van der Waals surface area contributed by atoms with E-state index < -0.39 is 5.97 Å². The zero-order valence-electron chi connectivity index (χ0n) is 10.7. The Hall–Kier alpha value is -0.970. The fourth-order valence-corrected chi connectivity index (χ4v) is 3.41. The molecule has 0 aliphatic heterocycles. The molecule has 1 saturated carbocycles. The molecule has 1 N–H and O–H groups in total. The fraction of sp³-hybridized carbons (Fsp3) is 0.692. The Morgan fingerprint density at radius 2 is 2.28 bits per heavy atom. The van der Waals surface area contributed by atoms with Gasteiger partial charge in [-0.3, -0.25) is 4.79 Å². The zero-order chi connectivity index (χ0) is 13.0. The second-order valence-electron chi connectivity index (χ2n) is 4.98. The SMILES string of the molecule is CC1CCCCCC1n1ccnc1SCC(=O)O. The summed E-state index contributed by atoms with van der Waals surface area (Å²) >= 11 is 1.32. The summed E-state index contributed by atoms with van der Waals surface area (Å²) in [5.74, 6) is -0.0627. The Morgan fingerprint density at radius 1 is 1.50 bits per heavy atom. The van der Waals surface area contributed by atoms with Crippen LogP contribution in [0.5, 0.6) is 0 Å². The van der Waals surface area contributed by atoms with Gasteiger partial charge in [-0.05, 0) is 18.8 Å². The maximum atomic E-state index is 10.6. The summed E-state index contributed by atoms with van der Waals surface area (Å²) in [6, 6.07) is 0.478. The van der Waals surface area contributed by atoms with E-state index in [1.165, 1.54) is 43.9 Å². The molecular formula is C13H20N2O2S. The third-order valence-corrected chi connectivity index (χ3v) is 4.60. The van der Waals surface area contributed by atoms with E-state index in [9.17, 15) is 4.79 Å². The van der Waals surface area contributed by atoms with Gasteiger partial charge in [-0.2, -0.15) is 0 Å². The molecule has 0 radical (unpaired) electrons. The van der Waals surface area contributed by atoms with Gasteiger partial charge in [0, 0.05) is 18.4 Å². The van der Waals surface area contributed by atoms with Crippen LogP contribution < -0.4 is 0 Å². The molecule has 0 aromatic carbocycles. The van der Waals surface area contributed by atoms with Crippen molar-refractivity contribution in [3.8, 4) is 0 Å². The van der Waals surface area contributed by atoms with Gasteiger partial charge in [0.05, 0.1) is 5.75 Å². The molecule has 1 aromatic rings. The fourth-order valence-electron chi connectivity index (χ4n) is 2.68. The molecule has 18 heavy (non-hydrogen) atoms. The first-order valence-corrected chi connectivity index (χ1v) is 7.54. The lowest BCUT2D eigenvalue weighted by molar-refractivity contribution is -0.133. The minimum absolute atomic E-state index is 0.0815. The van der Waals surface area contributed by atoms with Gasteiger partial charge in [0.15, 0.2) is 5.16 Å². The standard InChI is InChI=1S/C13H20N2O2S/c1-10-5-3-2-4-6-11(10)15-8-7-14-13(15)18-9-12(16)17/h7-8,10-11H,2-6,9H2,1H3,(H,16,17). The van der Waals surface area contributed by atoms with Crippen molar-refractivity contribution in [3.63, 3.8) is 0 Å². The van der Waals surface area contributed by atoms with E-state index in [4.69, 9.17) is 5.11 Å². The average molecular weight is 268 g/mol. The molecule has 0 spiro atoms. The predicted molar refractivity (Wildman–Crippen MR) is 71.9 cm³/mol. The number of hydrogen-bond donors (Lipinski definition) is 1. The molecular weight excluding hydrogens is 248 g/mol. The second-order valence-corrected chi connectivity index (χ2v) is 5.92. The van der Waals surface area contributed by atoms with Gasteiger partial charge in [0.2, 0.25) is 0 Å². The van der Waals surface area contributed by atoms with Crippen molar-refractivity contribution in [1.29, 1.82) is 0 Å². The number of carboxylic acids is 1. The number of aliphatic carboxylic acids is 1. The van der Waals surface area contributed by atoms with Crippen LogP contribution in [0.1, 0.15) is 45.1 Å². The Balaban J connectivity index is 2.11. The van der Waals surface area contributed by atoms with Crippen LogP contribution >= 0.6 is 11.8 Å². The molecule has 1 aliphatic carbocycles. The van der Waals surface area contributed by atoms with Gasteiger partial charge in [-0.25, -0.2) is 4.98 Å². The highest BCUT2D eigenvalue weighted by Crippen LogP contribution is 2.34. The van der Waals surface area contributed by atoms with E-state index in [2.05, 4.69) is 16.5 Å². The highest BCUT2D eigenvalue weighted by molar-refractivity contribution is 7.99. The first kappa shape index (κ1) is 13.5. The largest absolute Gasteiger partial charge is 0.481 e. The summed E-state index contributed by atoms with van der Waals surface area (Å²) in [6.07, 6.45) is 10.1. The summed E-state index contributed by atoms with van der Waals surface area (Å²) in [5, 5.41) is 9.60. The van der Waals surface area contributed by atoms with Crippen LogP contribution in [0, 0.1) is 5.92 Å². The lowest BCUT2D eigenvalue weighted by Gasteiger charge is -2.24. The van der Waals surface area contributed by atoms with E-state index in [1.54, 1.807) is 6.20 Å². The van der Waals surface area contributed by atoms with E-state index >= 15 is 0 Å². The first-order chi connectivity index (χ1) is 8.68. The topological polar surface area (TPSA) is 55.1 Å². The molecule has 1 heterocycles. The summed E-state index contributed by atoms with van der Waals surface area (Å²) in [7, 11) is 0. The zero-order valence-corrected chi connectivity index (χ0v) is 11.5. The van der Waals surface area contributed by atoms with Crippen molar-refractivity contribution in [3.05, 3.63) is 12.4 Å². The molecule has 1 fully saturated rings. The molecule has 0 saturated heterocycles. The number of nitrogens with zero attached hydrogens (tertiary/aromatic N) is 2. The van der Waals surface area contributed by atoms with Crippen molar-refractivity contribution in [1.82, 2.24) is 9.55 Å². The molecule has 4 nitrogen and oxygen atoms in total. The number of thioether (sulfide) groups is 1. The van der Waals surface area contributed by atoms with E-state index in [-0.39, 0.29) is 5.75 Å². The molecule has 0 amide bonds. The Kier molecular flexibility index (Phi) is 4.69. The number of carbonyl (C=O) groups is 1. The van der Waals surface area contributed by atoms with Crippen molar-refractivity contribution in [2.75, 3.05) is 5.75 Å². The Morgan fingerprint density at radius 3 is 3.06 bits per heavy atom. The van der Waals surface area contributed by atoms with Crippen LogP contribution in [0.2, 0.25) is 0 Å². The Bertz CT molecular complexity index is 405. The van der Waals surface area contributed by atoms with Crippen LogP contribution in [0.4, 0.5) is 0 Å². The average Bonchev–Trinajstić information content (AvgIpc) is 2.69. The smallest absolute Gasteiger partial charge is 0.313 e. The number of carboxylic acid groups (broad SMARTS) is 1. The summed E-state index contributed by atoms with van der Waals surface area (Å²) in [5.41, 5.74) is 0. The lowest BCUT2D eigenvalue weighted by atomic mass is 9.97. The van der Waals surface area contributed by atoms with Crippen molar-refractivity contribution in [2.24, 2.45) is 5.92 Å². The molecule has 5 heteroatoms. The molecule has 1 aliphatic rings. The Labute approximate surface area is 112 Å². The van der Waals surface area contributed by atoms with Crippen molar-refractivity contribution in [2.45, 2.75) is 50.2 Å². The quantitative estimate of drug-likeness (QED) is 0.673. The van der Waals surface area contributed by atoms with Gasteiger partial charge < -0.3 is 9.67 Å². The number of rotatable bonds is 4. The third kappa shape index (κ3) is 3.28. The molecule has 2 atom stereocenters. The van der Waals surface area contributed by atoms with E-state index in [1.807, 2.05) is 6.20 Å².